The Hall–Kier alpha value is -1.35. The Morgan fingerprint density at radius 3 is 3.00 bits per heavy atom. The molecule has 1 aromatic carbocycles. The Balaban J connectivity index is 2.10. The van der Waals surface area contributed by atoms with E-state index in [-0.39, 0.29) is 0 Å². The minimum atomic E-state index is 0.696. The van der Waals surface area contributed by atoms with E-state index in [1.54, 1.807) is 0 Å². The van der Waals surface area contributed by atoms with Crippen LogP contribution in [0.3, 0.4) is 0 Å². The Labute approximate surface area is 82.8 Å². The van der Waals surface area contributed by atoms with Crippen molar-refractivity contribution in [3.63, 3.8) is 0 Å². The number of aromatic nitrogens is 2. The summed E-state index contributed by atoms with van der Waals surface area (Å²) in [5, 5.41) is 3.29. The van der Waals surface area contributed by atoms with Gasteiger partial charge in [0.15, 0.2) is 0 Å². The fourth-order valence-electron chi connectivity index (χ4n) is 1.93. The molecular formula is C11H13N3. The van der Waals surface area contributed by atoms with Crippen LogP contribution in [0, 0.1) is 0 Å². The van der Waals surface area contributed by atoms with E-state index >= 15 is 0 Å². The monoisotopic (exact) mass is 187 g/mol. The van der Waals surface area contributed by atoms with Crippen LogP contribution in [0.25, 0.3) is 11.0 Å². The molecule has 3 nitrogen and oxygen atoms in total. The lowest BCUT2D eigenvalue weighted by atomic mass is 9.93. The summed E-state index contributed by atoms with van der Waals surface area (Å²) in [5.74, 6) is 0.696. The van der Waals surface area contributed by atoms with E-state index in [2.05, 4.69) is 33.1 Å². The summed E-state index contributed by atoms with van der Waals surface area (Å²) in [6.07, 6.45) is 1.87. The van der Waals surface area contributed by atoms with Gasteiger partial charge in [-0.3, -0.25) is 0 Å². The zero-order chi connectivity index (χ0) is 9.54. The predicted octanol–water partition coefficient (Wildman–Crippen LogP) is 1.26. The molecule has 1 aromatic heterocycles. The summed E-state index contributed by atoms with van der Waals surface area (Å²) in [7, 11) is 2.03. The van der Waals surface area contributed by atoms with Gasteiger partial charge in [0.25, 0.3) is 0 Å². The zero-order valence-electron chi connectivity index (χ0n) is 8.20. The minimum Gasteiger partial charge on any atom is -0.334 e. The second kappa shape index (κ2) is 2.82. The van der Waals surface area contributed by atoms with Crippen molar-refractivity contribution in [2.75, 3.05) is 13.1 Å². The molecular weight excluding hydrogens is 174 g/mol. The van der Waals surface area contributed by atoms with Crippen LogP contribution >= 0.6 is 0 Å². The number of aryl methyl sites for hydroxylation is 1. The Bertz CT molecular complexity index is 468. The van der Waals surface area contributed by atoms with Crippen molar-refractivity contribution in [3.8, 4) is 0 Å². The lowest BCUT2D eigenvalue weighted by Crippen LogP contribution is -2.39. The highest BCUT2D eigenvalue weighted by Crippen LogP contribution is 2.23. The summed E-state index contributed by atoms with van der Waals surface area (Å²) >= 11 is 0. The molecule has 1 aliphatic rings. The van der Waals surface area contributed by atoms with Crippen LogP contribution in [0.5, 0.6) is 0 Å². The maximum absolute atomic E-state index is 4.36. The van der Waals surface area contributed by atoms with Crippen LogP contribution < -0.4 is 5.32 Å². The molecule has 14 heavy (non-hydrogen) atoms. The molecule has 0 atom stereocenters. The third kappa shape index (κ3) is 1.06. The molecule has 1 fully saturated rings. The molecule has 1 saturated heterocycles. The quantitative estimate of drug-likeness (QED) is 0.728. The standard InChI is InChI=1S/C11H13N3/c1-14-7-13-10-4-8(2-3-11(10)14)9-5-12-6-9/h2-4,7,9,12H,5-6H2,1H3. The third-order valence-electron chi connectivity index (χ3n) is 3.00. The Kier molecular flexibility index (Phi) is 1.61. The predicted molar refractivity (Wildman–Crippen MR) is 56.3 cm³/mol. The average molecular weight is 187 g/mol. The van der Waals surface area contributed by atoms with Crippen molar-refractivity contribution in [1.82, 2.24) is 14.9 Å². The highest BCUT2D eigenvalue weighted by Gasteiger charge is 2.19. The van der Waals surface area contributed by atoms with Crippen molar-refractivity contribution in [1.29, 1.82) is 0 Å². The zero-order valence-corrected chi connectivity index (χ0v) is 8.20. The SMILES string of the molecule is Cn1cnc2cc(C3CNC3)ccc21. The van der Waals surface area contributed by atoms with Gasteiger partial charge in [0.05, 0.1) is 17.4 Å². The number of nitrogens with zero attached hydrogens (tertiary/aromatic N) is 2. The fraction of sp³-hybridized carbons (Fsp3) is 0.364. The van der Waals surface area contributed by atoms with E-state index in [9.17, 15) is 0 Å². The maximum atomic E-state index is 4.36. The van der Waals surface area contributed by atoms with Crippen LogP contribution in [0.4, 0.5) is 0 Å². The topological polar surface area (TPSA) is 29.9 Å². The van der Waals surface area contributed by atoms with Crippen molar-refractivity contribution in [2.24, 2.45) is 7.05 Å². The van der Waals surface area contributed by atoms with Gasteiger partial charge in [0.2, 0.25) is 0 Å². The molecule has 0 amide bonds. The number of rotatable bonds is 1. The smallest absolute Gasteiger partial charge is 0.0955 e. The number of nitrogens with one attached hydrogen (secondary N) is 1. The third-order valence-corrected chi connectivity index (χ3v) is 3.00. The second-order valence-electron chi connectivity index (χ2n) is 3.96. The van der Waals surface area contributed by atoms with Gasteiger partial charge in [-0.05, 0) is 17.7 Å². The summed E-state index contributed by atoms with van der Waals surface area (Å²) < 4.78 is 2.05. The summed E-state index contributed by atoms with van der Waals surface area (Å²) in [6.45, 7) is 2.22. The first-order valence-electron chi connectivity index (χ1n) is 4.96. The molecule has 0 aliphatic carbocycles. The van der Waals surface area contributed by atoms with E-state index in [4.69, 9.17) is 0 Å². The number of benzene rings is 1. The van der Waals surface area contributed by atoms with Gasteiger partial charge < -0.3 is 9.88 Å². The largest absolute Gasteiger partial charge is 0.334 e. The molecule has 0 saturated carbocycles. The second-order valence-corrected chi connectivity index (χ2v) is 3.96. The summed E-state index contributed by atoms with van der Waals surface area (Å²) in [4.78, 5) is 4.36. The van der Waals surface area contributed by atoms with Crippen molar-refractivity contribution in [3.05, 3.63) is 30.1 Å². The minimum absolute atomic E-state index is 0.696. The van der Waals surface area contributed by atoms with Gasteiger partial charge >= 0.3 is 0 Å². The molecule has 1 aliphatic heterocycles. The molecule has 0 radical (unpaired) electrons. The van der Waals surface area contributed by atoms with Crippen molar-refractivity contribution < 1.29 is 0 Å². The highest BCUT2D eigenvalue weighted by atomic mass is 15.0. The summed E-state index contributed by atoms with van der Waals surface area (Å²) in [6, 6.07) is 6.59. The van der Waals surface area contributed by atoms with Gasteiger partial charge in [-0.2, -0.15) is 0 Å². The first-order valence-corrected chi connectivity index (χ1v) is 4.96. The molecule has 0 spiro atoms. The van der Waals surface area contributed by atoms with Crippen LogP contribution in [0.15, 0.2) is 24.5 Å². The van der Waals surface area contributed by atoms with Crippen molar-refractivity contribution >= 4 is 11.0 Å². The Morgan fingerprint density at radius 2 is 2.29 bits per heavy atom. The molecule has 0 unspecified atom stereocenters. The number of hydrogen-bond donors (Lipinski definition) is 1. The van der Waals surface area contributed by atoms with E-state index in [0.29, 0.717) is 5.92 Å². The normalized spacial score (nSPS) is 17.2. The van der Waals surface area contributed by atoms with E-state index in [1.165, 1.54) is 11.1 Å². The first-order chi connectivity index (χ1) is 6.84. The van der Waals surface area contributed by atoms with Gasteiger partial charge in [0, 0.05) is 26.1 Å². The fourth-order valence-corrected chi connectivity index (χ4v) is 1.93. The maximum Gasteiger partial charge on any atom is 0.0955 e. The van der Waals surface area contributed by atoms with Gasteiger partial charge in [-0.1, -0.05) is 6.07 Å². The van der Waals surface area contributed by atoms with E-state index in [1.807, 2.05) is 13.4 Å². The van der Waals surface area contributed by atoms with E-state index < -0.39 is 0 Å². The van der Waals surface area contributed by atoms with Gasteiger partial charge in [-0.15, -0.1) is 0 Å². The van der Waals surface area contributed by atoms with Crippen LogP contribution in [0.2, 0.25) is 0 Å². The molecule has 0 bridgehead atoms. The van der Waals surface area contributed by atoms with E-state index in [0.717, 1.165) is 18.6 Å². The molecule has 1 N–H and O–H groups in total. The molecule has 3 heteroatoms. The lowest BCUT2D eigenvalue weighted by Gasteiger charge is -2.27. The average Bonchev–Trinajstić information content (AvgIpc) is 2.45. The number of fused-ring (bicyclic) bond motifs is 1. The van der Waals surface area contributed by atoms with Crippen LogP contribution in [-0.4, -0.2) is 22.6 Å². The number of imidazole rings is 1. The highest BCUT2D eigenvalue weighted by molar-refractivity contribution is 5.76. The van der Waals surface area contributed by atoms with Crippen LogP contribution in [-0.2, 0) is 7.05 Å². The Morgan fingerprint density at radius 1 is 1.43 bits per heavy atom. The molecule has 2 aromatic rings. The lowest BCUT2D eigenvalue weighted by molar-refractivity contribution is 0.448. The van der Waals surface area contributed by atoms with Crippen LogP contribution in [0.1, 0.15) is 11.5 Å². The van der Waals surface area contributed by atoms with Gasteiger partial charge in [-0.25, -0.2) is 4.98 Å². The first kappa shape index (κ1) is 8.00. The van der Waals surface area contributed by atoms with Gasteiger partial charge in [0.1, 0.15) is 0 Å². The summed E-state index contributed by atoms with van der Waals surface area (Å²) in [5.41, 5.74) is 3.73. The molecule has 3 rings (SSSR count). The number of hydrogen-bond acceptors (Lipinski definition) is 2. The molecule has 2 heterocycles. The molecule has 72 valence electrons. The van der Waals surface area contributed by atoms with Crippen molar-refractivity contribution in [2.45, 2.75) is 5.92 Å².